The Bertz CT molecular complexity index is 399. The predicted octanol–water partition coefficient (Wildman–Crippen LogP) is 1.82. The average molecular weight is 247 g/mol. The van der Waals surface area contributed by atoms with E-state index >= 15 is 0 Å². The standard InChI is InChI=1S/C10H12F3N3O/c11-10(12,13)7-2-5-14-8(15-7)16-9(6-17)3-1-4-9/h2,5,17H,1,3-4,6H2,(H,14,15,16). The van der Waals surface area contributed by atoms with Crippen LogP contribution in [0, 0.1) is 0 Å². The van der Waals surface area contributed by atoms with Gasteiger partial charge in [0.05, 0.1) is 12.1 Å². The number of nitrogens with one attached hydrogen (secondary N) is 1. The van der Waals surface area contributed by atoms with Gasteiger partial charge in [0.15, 0.2) is 0 Å². The van der Waals surface area contributed by atoms with Crippen LogP contribution in [0.4, 0.5) is 19.1 Å². The van der Waals surface area contributed by atoms with Crippen LogP contribution in [0.2, 0.25) is 0 Å². The zero-order valence-corrected chi connectivity index (χ0v) is 8.96. The van der Waals surface area contributed by atoms with E-state index in [0.29, 0.717) is 12.8 Å². The van der Waals surface area contributed by atoms with E-state index in [4.69, 9.17) is 0 Å². The van der Waals surface area contributed by atoms with Crippen molar-refractivity contribution < 1.29 is 18.3 Å². The van der Waals surface area contributed by atoms with Gasteiger partial charge in [-0.15, -0.1) is 0 Å². The van der Waals surface area contributed by atoms with Crippen LogP contribution in [0.25, 0.3) is 0 Å². The molecule has 1 saturated carbocycles. The molecule has 1 heterocycles. The molecule has 0 atom stereocenters. The minimum Gasteiger partial charge on any atom is -0.394 e. The molecule has 0 unspecified atom stereocenters. The van der Waals surface area contributed by atoms with Crippen LogP contribution in [0.5, 0.6) is 0 Å². The molecular weight excluding hydrogens is 235 g/mol. The molecule has 1 aromatic rings. The third-order valence-corrected chi connectivity index (χ3v) is 2.94. The van der Waals surface area contributed by atoms with E-state index in [1.807, 2.05) is 0 Å². The first-order valence-corrected chi connectivity index (χ1v) is 5.24. The Morgan fingerprint density at radius 2 is 2.12 bits per heavy atom. The summed E-state index contributed by atoms with van der Waals surface area (Å²) in [5.41, 5.74) is -1.54. The van der Waals surface area contributed by atoms with E-state index < -0.39 is 17.4 Å². The van der Waals surface area contributed by atoms with E-state index in [2.05, 4.69) is 15.3 Å². The first-order valence-electron chi connectivity index (χ1n) is 5.24. The molecule has 0 bridgehead atoms. The van der Waals surface area contributed by atoms with Crippen molar-refractivity contribution in [1.82, 2.24) is 9.97 Å². The van der Waals surface area contributed by atoms with Gasteiger partial charge in [-0.25, -0.2) is 9.97 Å². The number of aliphatic hydroxyl groups excluding tert-OH is 1. The Hall–Kier alpha value is -1.37. The smallest absolute Gasteiger partial charge is 0.394 e. The average Bonchev–Trinajstić information content (AvgIpc) is 2.23. The van der Waals surface area contributed by atoms with Gasteiger partial charge in [-0.1, -0.05) is 0 Å². The summed E-state index contributed by atoms with van der Waals surface area (Å²) < 4.78 is 37.2. The summed E-state index contributed by atoms with van der Waals surface area (Å²) in [5.74, 6) is -0.0893. The maximum absolute atomic E-state index is 12.4. The fourth-order valence-corrected chi connectivity index (χ4v) is 1.74. The molecule has 1 aliphatic rings. The minimum atomic E-state index is -4.48. The fraction of sp³-hybridized carbons (Fsp3) is 0.600. The van der Waals surface area contributed by atoms with Gasteiger partial charge in [0.25, 0.3) is 0 Å². The molecule has 1 fully saturated rings. The van der Waals surface area contributed by atoms with Gasteiger partial charge in [-0.05, 0) is 25.3 Å². The second-order valence-corrected chi connectivity index (χ2v) is 4.18. The van der Waals surface area contributed by atoms with Crippen molar-refractivity contribution in [2.45, 2.75) is 31.0 Å². The second kappa shape index (κ2) is 4.14. The van der Waals surface area contributed by atoms with Gasteiger partial charge in [0.2, 0.25) is 5.95 Å². The maximum Gasteiger partial charge on any atom is 0.433 e. The monoisotopic (exact) mass is 247 g/mol. The summed E-state index contributed by atoms with van der Waals surface area (Å²) in [7, 11) is 0. The lowest BCUT2D eigenvalue weighted by Gasteiger charge is -2.40. The number of anilines is 1. The number of nitrogens with zero attached hydrogens (tertiary/aromatic N) is 2. The Morgan fingerprint density at radius 3 is 2.59 bits per heavy atom. The van der Waals surface area contributed by atoms with Gasteiger partial charge >= 0.3 is 6.18 Å². The van der Waals surface area contributed by atoms with Crippen LogP contribution in [-0.4, -0.2) is 27.2 Å². The van der Waals surface area contributed by atoms with E-state index in [0.717, 1.165) is 18.7 Å². The summed E-state index contributed by atoms with van der Waals surface area (Å²) in [6.07, 6.45) is -1.06. The molecule has 1 aromatic heterocycles. The van der Waals surface area contributed by atoms with Crippen LogP contribution in [0.3, 0.4) is 0 Å². The van der Waals surface area contributed by atoms with E-state index in [1.54, 1.807) is 0 Å². The number of hydrogen-bond acceptors (Lipinski definition) is 4. The first kappa shape index (κ1) is 12.1. The van der Waals surface area contributed by atoms with E-state index in [1.165, 1.54) is 0 Å². The van der Waals surface area contributed by atoms with Crippen LogP contribution in [0.15, 0.2) is 12.3 Å². The molecule has 7 heteroatoms. The van der Waals surface area contributed by atoms with Crippen molar-refractivity contribution in [1.29, 1.82) is 0 Å². The number of aliphatic hydroxyl groups is 1. The lowest BCUT2D eigenvalue weighted by atomic mass is 9.77. The quantitative estimate of drug-likeness (QED) is 0.855. The molecule has 0 radical (unpaired) electrons. The highest BCUT2D eigenvalue weighted by Crippen LogP contribution is 2.34. The lowest BCUT2D eigenvalue weighted by Crippen LogP contribution is -2.48. The van der Waals surface area contributed by atoms with Crippen molar-refractivity contribution >= 4 is 5.95 Å². The summed E-state index contributed by atoms with van der Waals surface area (Å²) in [6, 6.07) is 0.817. The number of halogens is 3. The van der Waals surface area contributed by atoms with Gasteiger partial charge in [-0.2, -0.15) is 13.2 Å². The first-order chi connectivity index (χ1) is 7.95. The highest BCUT2D eigenvalue weighted by atomic mass is 19.4. The van der Waals surface area contributed by atoms with Gasteiger partial charge in [-0.3, -0.25) is 0 Å². The topological polar surface area (TPSA) is 58.0 Å². The number of aromatic nitrogens is 2. The van der Waals surface area contributed by atoms with Crippen molar-refractivity contribution in [3.05, 3.63) is 18.0 Å². The summed E-state index contributed by atoms with van der Waals surface area (Å²) in [5, 5.41) is 12.0. The highest BCUT2D eigenvalue weighted by molar-refractivity contribution is 5.32. The van der Waals surface area contributed by atoms with Crippen LogP contribution in [0.1, 0.15) is 25.0 Å². The number of hydrogen-bond donors (Lipinski definition) is 2. The Morgan fingerprint density at radius 1 is 1.41 bits per heavy atom. The number of alkyl halides is 3. The SMILES string of the molecule is OCC1(Nc2nccc(C(F)(F)F)n2)CCC1. The summed E-state index contributed by atoms with van der Waals surface area (Å²) in [4.78, 5) is 7.13. The van der Waals surface area contributed by atoms with Gasteiger partial charge in [0.1, 0.15) is 5.69 Å². The molecule has 0 aliphatic heterocycles. The van der Waals surface area contributed by atoms with Crippen molar-refractivity contribution in [2.75, 3.05) is 11.9 Å². The molecule has 0 spiro atoms. The molecule has 17 heavy (non-hydrogen) atoms. The molecule has 4 nitrogen and oxygen atoms in total. The van der Waals surface area contributed by atoms with Crippen molar-refractivity contribution in [3.8, 4) is 0 Å². The molecule has 0 saturated heterocycles. The van der Waals surface area contributed by atoms with Crippen LogP contribution >= 0.6 is 0 Å². The molecule has 1 aliphatic carbocycles. The largest absolute Gasteiger partial charge is 0.433 e. The predicted molar refractivity (Wildman–Crippen MR) is 54.3 cm³/mol. The molecule has 2 rings (SSSR count). The minimum absolute atomic E-state index is 0.0893. The Balaban J connectivity index is 2.17. The lowest BCUT2D eigenvalue weighted by molar-refractivity contribution is -0.141. The second-order valence-electron chi connectivity index (χ2n) is 4.18. The third kappa shape index (κ3) is 2.49. The molecule has 0 amide bonds. The summed E-state index contributed by atoms with van der Waals surface area (Å²) >= 11 is 0. The van der Waals surface area contributed by atoms with Gasteiger partial charge in [0, 0.05) is 6.20 Å². The van der Waals surface area contributed by atoms with Crippen molar-refractivity contribution in [2.24, 2.45) is 0 Å². The van der Waals surface area contributed by atoms with Crippen LogP contribution < -0.4 is 5.32 Å². The zero-order chi connectivity index (χ0) is 12.5. The molecular formula is C10H12F3N3O. The molecule has 2 N–H and O–H groups in total. The Kier molecular flexibility index (Phi) is 2.94. The normalized spacial score (nSPS) is 18.6. The van der Waals surface area contributed by atoms with E-state index in [-0.39, 0.29) is 12.6 Å². The van der Waals surface area contributed by atoms with Crippen LogP contribution in [-0.2, 0) is 6.18 Å². The third-order valence-electron chi connectivity index (χ3n) is 2.94. The molecule has 94 valence electrons. The maximum atomic E-state index is 12.4. The van der Waals surface area contributed by atoms with Gasteiger partial charge < -0.3 is 10.4 Å². The molecule has 0 aromatic carbocycles. The fourth-order valence-electron chi connectivity index (χ4n) is 1.74. The highest BCUT2D eigenvalue weighted by Gasteiger charge is 2.38. The van der Waals surface area contributed by atoms with E-state index in [9.17, 15) is 18.3 Å². The Labute approximate surface area is 95.9 Å². The summed E-state index contributed by atoms with van der Waals surface area (Å²) in [6.45, 7) is -0.132. The van der Waals surface area contributed by atoms with Crippen molar-refractivity contribution in [3.63, 3.8) is 0 Å². The zero-order valence-electron chi connectivity index (χ0n) is 8.96. The number of rotatable bonds is 3.